The van der Waals surface area contributed by atoms with Crippen molar-refractivity contribution in [2.24, 2.45) is 0 Å². The Balaban J connectivity index is 1.50. The van der Waals surface area contributed by atoms with E-state index in [1.807, 2.05) is 23.1 Å². The second kappa shape index (κ2) is 6.03. The van der Waals surface area contributed by atoms with Crippen molar-refractivity contribution in [2.75, 3.05) is 11.9 Å². The lowest BCUT2D eigenvalue weighted by atomic mass is 9.98. The molecule has 4 rings (SSSR count). The predicted molar refractivity (Wildman–Crippen MR) is 97.8 cm³/mol. The minimum Gasteiger partial charge on any atom is -0.334 e. The van der Waals surface area contributed by atoms with Crippen LogP contribution in [0.1, 0.15) is 52.4 Å². The monoisotopic (exact) mass is 334 g/mol. The zero-order chi connectivity index (χ0) is 17.6. The molecule has 2 aromatic rings. The van der Waals surface area contributed by atoms with Gasteiger partial charge >= 0.3 is 0 Å². The van der Waals surface area contributed by atoms with Crippen molar-refractivity contribution in [1.82, 2.24) is 4.90 Å². The summed E-state index contributed by atoms with van der Waals surface area (Å²) in [6.45, 7) is 5.60. The molecule has 2 aliphatic rings. The van der Waals surface area contributed by atoms with Crippen molar-refractivity contribution < 1.29 is 9.59 Å². The van der Waals surface area contributed by atoms with Crippen molar-refractivity contribution >= 4 is 17.5 Å². The number of nitrogens with zero attached hydrogens (tertiary/aromatic N) is 1. The highest BCUT2D eigenvalue weighted by Gasteiger charge is 2.29. The molecule has 128 valence electrons. The summed E-state index contributed by atoms with van der Waals surface area (Å²) in [5, 5.41) is 2.90. The van der Waals surface area contributed by atoms with Crippen molar-refractivity contribution in [3.63, 3.8) is 0 Å². The maximum atomic E-state index is 12.7. The molecule has 2 aliphatic heterocycles. The minimum atomic E-state index is 0.0525. The summed E-state index contributed by atoms with van der Waals surface area (Å²) < 4.78 is 0. The maximum absolute atomic E-state index is 12.7. The van der Waals surface area contributed by atoms with Gasteiger partial charge < -0.3 is 10.2 Å². The van der Waals surface area contributed by atoms with E-state index < -0.39 is 0 Å². The van der Waals surface area contributed by atoms with Crippen molar-refractivity contribution in [3.8, 4) is 0 Å². The molecule has 2 heterocycles. The lowest BCUT2D eigenvalue weighted by Crippen LogP contribution is -2.28. The Labute approximate surface area is 147 Å². The third-order valence-electron chi connectivity index (χ3n) is 5.28. The molecule has 0 fully saturated rings. The molecule has 0 radical (unpaired) electrons. The van der Waals surface area contributed by atoms with Crippen LogP contribution in [0.2, 0.25) is 0 Å². The molecule has 0 saturated carbocycles. The third kappa shape index (κ3) is 2.82. The van der Waals surface area contributed by atoms with E-state index in [0.29, 0.717) is 19.5 Å². The second-order valence-electron chi connectivity index (χ2n) is 7.07. The first kappa shape index (κ1) is 15.9. The summed E-state index contributed by atoms with van der Waals surface area (Å²) in [5.74, 6) is 0.398. The fourth-order valence-electron chi connectivity index (χ4n) is 3.75. The zero-order valence-electron chi connectivity index (χ0n) is 14.6. The van der Waals surface area contributed by atoms with E-state index in [0.717, 1.165) is 34.4 Å². The average molecular weight is 334 g/mol. The SMILES string of the molecule is CCc1ccc2c(c1)C(=O)N(CC(C)c1ccc3c(c1)NC(=O)C3)C2. The van der Waals surface area contributed by atoms with Crippen LogP contribution in [0.25, 0.3) is 0 Å². The fourth-order valence-corrected chi connectivity index (χ4v) is 3.75. The largest absolute Gasteiger partial charge is 0.334 e. The fraction of sp³-hybridized carbons (Fsp3) is 0.333. The van der Waals surface area contributed by atoms with Gasteiger partial charge in [0.05, 0.1) is 6.42 Å². The number of benzene rings is 2. The highest BCUT2D eigenvalue weighted by atomic mass is 16.2. The van der Waals surface area contributed by atoms with E-state index >= 15 is 0 Å². The van der Waals surface area contributed by atoms with Crippen LogP contribution < -0.4 is 5.32 Å². The van der Waals surface area contributed by atoms with Crippen molar-refractivity contribution in [1.29, 1.82) is 0 Å². The number of nitrogens with one attached hydrogen (secondary N) is 1. The van der Waals surface area contributed by atoms with Crippen LogP contribution in [-0.4, -0.2) is 23.3 Å². The summed E-state index contributed by atoms with van der Waals surface area (Å²) in [6, 6.07) is 12.4. The van der Waals surface area contributed by atoms with Crippen LogP contribution in [-0.2, 0) is 24.2 Å². The predicted octanol–water partition coefficient (Wildman–Crippen LogP) is 3.50. The van der Waals surface area contributed by atoms with E-state index in [-0.39, 0.29) is 17.7 Å². The Bertz CT molecular complexity index is 872. The van der Waals surface area contributed by atoms with Crippen LogP contribution in [0.15, 0.2) is 36.4 Å². The molecule has 0 aromatic heterocycles. The molecule has 1 N–H and O–H groups in total. The molecule has 25 heavy (non-hydrogen) atoms. The molecule has 0 saturated heterocycles. The lowest BCUT2D eigenvalue weighted by Gasteiger charge is -2.21. The van der Waals surface area contributed by atoms with E-state index in [4.69, 9.17) is 0 Å². The van der Waals surface area contributed by atoms with Crippen LogP contribution in [0.3, 0.4) is 0 Å². The quantitative estimate of drug-likeness (QED) is 0.930. The average Bonchev–Trinajstić information content (AvgIpc) is 3.13. The van der Waals surface area contributed by atoms with Gasteiger partial charge in [0, 0.05) is 24.3 Å². The van der Waals surface area contributed by atoms with Crippen LogP contribution >= 0.6 is 0 Å². The maximum Gasteiger partial charge on any atom is 0.254 e. The molecule has 0 bridgehead atoms. The molecule has 0 aliphatic carbocycles. The van der Waals surface area contributed by atoms with Gasteiger partial charge in [0.25, 0.3) is 5.91 Å². The van der Waals surface area contributed by atoms with Gasteiger partial charge in [-0.15, -0.1) is 0 Å². The Morgan fingerprint density at radius 1 is 1.12 bits per heavy atom. The number of hydrogen-bond acceptors (Lipinski definition) is 2. The molecule has 4 nitrogen and oxygen atoms in total. The van der Waals surface area contributed by atoms with Gasteiger partial charge in [0.2, 0.25) is 5.91 Å². The highest BCUT2D eigenvalue weighted by molar-refractivity contribution is 5.99. The number of anilines is 1. The normalized spacial score (nSPS) is 16.6. The standard InChI is InChI=1S/C21H22N2O2/c1-3-14-4-5-17-12-23(21(25)18(17)8-14)11-13(2)15-6-7-16-10-20(24)22-19(16)9-15/h4-9,13H,3,10-12H2,1-2H3,(H,22,24). The molecule has 2 amide bonds. The first-order chi connectivity index (χ1) is 12.0. The molecule has 1 atom stereocenters. The van der Waals surface area contributed by atoms with Crippen LogP contribution in [0, 0.1) is 0 Å². The summed E-state index contributed by atoms with van der Waals surface area (Å²) in [7, 11) is 0. The summed E-state index contributed by atoms with van der Waals surface area (Å²) in [4.78, 5) is 26.2. The topological polar surface area (TPSA) is 49.4 Å². The van der Waals surface area contributed by atoms with Crippen LogP contribution in [0.4, 0.5) is 5.69 Å². The minimum absolute atomic E-state index is 0.0525. The number of carbonyl (C=O) groups is 2. The first-order valence-corrected chi connectivity index (χ1v) is 8.89. The number of fused-ring (bicyclic) bond motifs is 2. The van der Waals surface area contributed by atoms with E-state index in [9.17, 15) is 9.59 Å². The molecule has 2 aromatic carbocycles. The number of hydrogen-bond donors (Lipinski definition) is 1. The summed E-state index contributed by atoms with van der Waals surface area (Å²) in [6.07, 6.45) is 1.40. The van der Waals surface area contributed by atoms with Crippen LogP contribution in [0.5, 0.6) is 0 Å². The smallest absolute Gasteiger partial charge is 0.254 e. The lowest BCUT2D eigenvalue weighted by molar-refractivity contribution is -0.115. The van der Waals surface area contributed by atoms with E-state index in [2.05, 4.69) is 37.4 Å². The summed E-state index contributed by atoms with van der Waals surface area (Å²) >= 11 is 0. The van der Waals surface area contributed by atoms with Gasteiger partial charge in [-0.3, -0.25) is 9.59 Å². The van der Waals surface area contributed by atoms with Gasteiger partial charge in [-0.25, -0.2) is 0 Å². The second-order valence-corrected chi connectivity index (χ2v) is 7.07. The van der Waals surface area contributed by atoms with Crippen molar-refractivity contribution in [2.45, 2.75) is 39.2 Å². The summed E-state index contributed by atoms with van der Waals surface area (Å²) in [5.41, 5.74) is 6.30. The number of amides is 2. The molecular weight excluding hydrogens is 312 g/mol. The Morgan fingerprint density at radius 2 is 1.92 bits per heavy atom. The van der Waals surface area contributed by atoms with Gasteiger partial charge in [-0.05, 0) is 46.7 Å². The first-order valence-electron chi connectivity index (χ1n) is 8.89. The number of aryl methyl sites for hydroxylation is 1. The van der Waals surface area contributed by atoms with E-state index in [1.54, 1.807) is 0 Å². The van der Waals surface area contributed by atoms with Gasteiger partial charge in [-0.2, -0.15) is 0 Å². The molecule has 1 unspecified atom stereocenters. The molecule has 0 spiro atoms. The zero-order valence-corrected chi connectivity index (χ0v) is 14.6. The molecule has 4 heteroatoms. The Morgan fingerprint density at radius 3 is 2.72 bits per heavy atom. The van der Waals surface area contributed by atoms with Gasteiger partial charge in [0.15, 0.2) is 0 Å². The van der Waals surface area contributed by atoms with E-state index in [1.165, 1.54) is 5.56 Å². The van der Waals surface area contributed by atoms with Crippen molar-refractivity contribution in [3.05, 3.63) is 64.2 Å². The van der Waals surface area contributed by atoms with Gasteiger partial charge in [0.1, 0.15) is 0 Å². The Kier molecular flexibility index (Phi) is 3.83. The number of carbonyl (C=O) groups excluding carboxylic acids is 2. The third-order valence-corrected chi connectivity index (χ3v) is 5.28. The molecular formula is C21H22N2O2. The highest BCUT2D eigenvalue weighted by Crippen LogP contribution is 2.30. The Hall–Kier alpha value is -2.62. The number of rotatable bonds is 4. The van der Waals surface area contributed by atoms with Gasteiger partial charge in [-0.1, -0.05) is 38.1 Å².